The van der Waals surface area contributed by atoms with E-state index in [2.05, 4.69) is 27.2 Å². The summed E-state index contributed by atoms with van der Waals surface area (Å²) in [5.41, 5.74) is 3.65. The van der Waals surface area contributed by atoms with Gasteiger partial charge in [0, 0.05) is 36.3 Å². The Morgan fingerprint density at radius 1 is 1.04 bits per heavy atom. The van der Waals surface area contributed by atoms with Gasteiger partial charge in [-0.25, -0.2) is 9.97 Å². The molecule has 0 atom stereocenters. The first kappa shape index (κ1) is 16.0. The van der Waals surface area contributed by atoms with Crippen LogP contribution in [0.4, 0.5) is 0 Å². The SMILES string of the molecule is O=C(c1ccc2ccccc2n1)N1CCC(c2c[nH]c3ncccc23)CC1. The molecule has 4 heterocycles. The molecule has 4 aromatic rings. The van der Waals surface area contributed by atoms with Gasteiger partial charge in [-0.1, -0.05) is 24.3 Å². The number of pyridine rings is 2. The summed E-state index contributed by atoms with van der Waals surface area (Å²) in [6, 6.07) is 15.8. The third-order valence-corrected chi connectivity index (χ3v) is 5.52. The predicted octanol–water partition coefficient (Wildman–Crippen LogP) is 4.13. The van der Waals surface area contributed by atoms with Crippen LogP contribution in [0, 0.1) is 0 Å². The zero-order valence-corrected chi connectivity index (χ0v) is 14.9. The molecule has 0 spiro atoms. The highest BCUT2D eigenvalue weighted by atomic mass is 16.2. The van der Waals surface area contributed by atoms with Gasteiger partial charge in [-0.2, -0.15) is 0 Å². The third-order valence-electron chi connectivity index (χ3n) is 5.52. The molecule has 5 nitrogen and oxygen atoms in total. The van der Waals surface area contributed by atoms with Gasteiger partial charge in [0.2, 0.25) is 0 Å². The van der Waals surface area contributed by atoms with Crippen molar-refractivity contribution in [1.82, 2.24) is 19.9 Å². The number of carbonyl (C=O) groups is 1. The maximum absolute atomic E-state index is 12.9. The summed E-state index contributed by atoms with van der Waals surface area (Å²) in [6.45, 7) is 1.51. The lowest BCUT2D eigenvalue weighted by atomic mass is 9.89. The molecule has 1 saturated heterocycles. The number of nitrogens with zero attached hydrogens (tertiary/aromatic N) is 3. The Morgan fingerprint density at radius 2 is 1.89 bits per heavy atom. The molecule has 1 fully saturated rings. The minimum atomic E-state index is 0.0276. The van der Waals surface area contributed by atoms with Crippen LogP contribution >= 0.6 is 0 Å². The molecule has 1 aliphatic heterocycles. The number of aromatic nitrogens is 3. The summed E-state index contributed by atoms with van der Waals surface area (Å²) in [4.78, 5) is 27.0. The molecule has 1 amide bonds. The van der Waals surface area contributed by atoms with Gasteiger partial charge in [0.05, 0.1) is 5.52 Å². The summed E-state index contributed by atoms with van der Waals surface area (Å²) >= 11 is 0. The number of hydrogen-bond donors (Lipinski definition) is 1. The van der Waals surface area contributed by atoms with E-state index in [0.717, 1.165) is 42.5 Å². The van der Waals surface area contributed by atoms with E-state index in [-0.39, 0.29) is 5.91 Å². The summed E-state index contributed by atoms with van der Waals surface area (Å²) in [6.07, 6.45) is 5.80. The number of rotatable bonds is 2. The van der Waals surface area contributed by atoms with E-state index < -0.39 is 0 Å². The lowest BCUT2D eigenvalue weighted by molar-refractivity contribution is 0.0708. The molecule has 5 heteroatoms. The van der Waals surface area contributed by atoms with E-state index in [9.17, 15) is 4.79 Å². The zero-order chi connectivity index (χ0) is 18.2. The Labute approximate surface area is 157 Å². The second kappa shape index (κ2) is 6.50. The van der Waals surface area contributed by atoms with Crippen LogP contribution < -0.4 is 0 Å². The number of benzene rings is 1. The quantitative estimate of drug-likeness (QED) is 0.587. The first-order valence-corrected chi connectivity index (χ1v) is 9.37. The van der Waals surface area contributed by atoms with Gasteiger partial charge in [-0.05, 0) is 48.6 Å². The van der Waals surface area contributed by atoms with Gasteiger partial charge in [-0.15, -0.1) is 0 Å². The number of aromatic amines is 1. The number of H-pyrrole nitrogens is 1. The van der Waals surface area contributed by atoms with Gasteiger partial charge in [0.25, 0.3) is 5.91 Å². The highest BCUT2D eigenvalue weighted by molar-refractivity contribution is 5.95. The first-order valence-electron chi connectivity index (χ1n) is 9.37. The van der Waals surface area contributed by atoms with Gasteiger partial charge >= 0.3 is 0 Å². The zero-order valence-electron chi connectivity index (χ0n) is 14.9. The fourth-order valence-electron chi connectivity index (χ4n) is 4.06. The predicted molar refractivity (Wildman–Crippen MR) is 106 cm³/mol. The van der Waals surface area contributed by atoms with Crippen molar-refractivity contribution in [2.45, 2.75) is 18.8 Å². The van der Waals surface area contributed by atoms with Crippen LogP contribution in [0.5, 0.6) is 0 Å². The van der Waals surface area contributed by atoms with E-state index in [1.165, 1.54) is 10.9 Å². The molecule has 1 aliphatic rings. The first-order chi connectivity index (χ1) is 13.3. The van der Waals surface area contributed by atoms with Gasteiger partial charge in [0.15, 0.2) is 0 Å². The van der Waals surface area contributed by atoms with Crippen LogP contribution in [0.3, 0.4) is 0 Å². The van der Waals surface area contributed by atoms with Crippen LogP contribution in [0.25, 0.3) is 21.9 Å². The molecule has 0 radical (unpaired) electrons. The van der Waals surface area contributed by atoms with Crippen LogP contribution in [0.1, 0.15) is 34.8 Å². The second-order valence-electron chi connectivity index (χ2n) is 7.10. The monoisotopic (exact) mass is 356 g/mol. The maximum Gasteiger partial charge on any atom is 0.272 e. The van der Waals surface area contributed by atoms with Crippen LogP contribution in [-0.2, 0) is 0 Å². The average molecular weight is 356 g/mol. The Bertz CT molecular complexity index is 1130. The highest BCUT2D eigenvalue weighted by Gasteiger charge is 2.26. The Kier molecular flexibility index (Phi) is 3.85. The normalized spacial score (nSPS) is 15.5. The van der Waals surface area contributed by atoms with E-state index >= 15 is 0 Å². The fraction of sp³-hybridized carbons (Fsp3) is 0.227. The van der Waals surface area contributed by atoms with Crippen molar-refractivity contribution in [3.05, 3.63) is 72.2 Å². The minimum absolute atomic E-state index is 0.0276. The van der Waals surface area contributed by atoms with Crippen LogP contribution in [0.15, 0.2) is 60.9 Å². The number of likely N-dealkylation sites (tertiary alicyclic amines) is 1. The summed E-state index contributed by atoms with van der Waals surface area (Å²) < 4.78 is 0. The maximum atomic E-state index is 12.9. The van der Waals surface area contributed by atoms with E-state index in [4.69, 9.17) is 0 Å². The van der Waals surface area contributed by atoms with E-state index in [1.54, 1.807) is 6.20 Å². The smallest absolute Gasteiger partial charge is 0.272 e. The van der Waals surface area contributed by atoms with Crippen molar-refractivity contribution in [1.29, 1.82) is 0 Å². The van der Waals surface area contributed by atoms with Crippen molar-refractivity contribution in [2.75, 3.05) is 13.1 Å². The minimum Gasteiger partial charge on any atom is -0.346 e. The number of fused-ring (bicyclic) bond motifs is 2. The van der Waals surface area contributed by atoms with Crippen LogP contribution in [0.2, 0.25) is 0 Å². The summed E-state index contributed by atoms with van der Waals surface area (Å²) in [5, 5.41) is 2.25. The molecule has 0 saturated carbocycles. The second-order valence-corrected chi connectivity index (χ2v) is 7.10. The molecular weight excluding hydrogens is 336 g/mol. The average Bonchev–Trinajstić information content (AvgIpc) is 3.17. The summed E-state index contributed by atoms with van der Waals surface area (Å²) in [5.74, 6) is 0.483. The number of amides is 1. The van der Waals surface area contributed by atoms with Gasteiger partial charge in [0.1, 0.15) is 11.3 Å². The largest absolute Gasteiger partial charge is 0.346 e. The lowest BCUT2D eigenvalue weighted by Gasteiger charge is -2.31. The molecule has 3 aromatic heterocycles. The topological polar surface area (TPSA) is 61.9 Å². The van der Waals surface area contributed by atoms with Gasteiger partial charge in [-0.3, -0.25) is 4.79 Å². The Hall–Kier alpha value is -3.21. The number of nitrogens with one attached hydrogen (secondary N) is 1. The van der Waals surface area contributed by atoms with Crippen molar-refractivity contribution >= 4 is 27.8 Å². The number of para-hydroxylation sites is 1. The lowest BCUT2D eigenvalue weighted by Crippen LogP contribution is -2.38. The van der Waals surface area contributed by atoms with E-state index in [0.29, 0.717) is 11.6 Å². The summed E-state index contributed by atoms with van der Waals surface area (Å²) in [7, 11) is 0. The standard InChI is InChI=1S/C22H20N4O/c27-22(20-8-7-16-4-1-2-6-19(16)25-20)26-12-9-15(10-13-26)18-14-24-21-17(18)5-3-11-23-21/h1-8,11,14-15H,9-10,12-13H2,(H,23,24). The number of hydrogen-bond acceptors (Lipinski definition) is 3. The molecule has 1 N–H and O–H groups in total. The van der Waals surface area contributed by atoms with Crippen molar-refractivity contribution in [3.63, 3.8) is 0 Å². The highest BCUT2D eigenvalue weighted by Crippen LogP contribution is 2.32. The van der Waals surface area contributed by atoms with E-state index in [1.807, 2.05) is 47.4 Å². The molecule has 27 heavy (non-hydrogen) atoms. The molecule has 134 valence electrons. The molecule has 0 aliphatic carbocycles. The van der Waals surface area contributed by atoms with Crippen molar-refractivity contribution in [2.24, 2.45) is 0 Å². The molecular formula is C22H20N4O. The third kappa shape index (κ3) is 2.85. The molecule has 1 aromatic carbocycles. The Morgan fingerprint density at radius 3 is 2.78 bits per heavy atom. The van der Waals surface area contributed by atoms with Crippen molar-refractivity contribution in [3.8, 4) is 0 Å². The van der Waals surface area contributed by atoms with Crippen LogP contribution in [-0.4, -0.2) is 38.8 Å². The molecule has 0 unspecified atom stereocenters. The fourth-order valence-corrected chi connectivity index (χ4v) is 4.06. The van der Waals surface area contributed by atoms with Crippen molar-refractivity contribution < 1.29 is 4.79 Å². The molecule has 0 bridgehead atoms. The number of carbonyl (C=O) groups excluding carboxylic acids is 1. The molecule has 5 rings (SSSR count). The number of piperidine rings is 1. The van der Waals surface area contributed by atoms with Gasteiger partial charge < -0.3 is 9.88 Å². The Balaban J connectivity index is 1.32.